The number of aliphatic carboxylic acids is 1. The molecule has 0 bridgehead atoms. The van der Waals surface area contributed by atoms with Gasteiger partial charge >= 0.3 is 12.3 Å². The van der Waals surface area contributed by atoms with E-state index in [0.29, 0.717) is 18.7 Å². The molecule has 0 saturated carbocycles. The average molecular weight is 318 g/mol. The molecule has 1 unspecified atom stereocenters. The second kappa shape index (κ2) is 6.53. The van der Waals surface area contributed by atoms with Gasteiger partial charge in [0, 0.05) is 26.2 Å². The molecule has 22 heavy (non-hydrogen) atoms. The van der Waals surface area contributed by atoms with E-state index in [-0.39, 0.29) is 5.75 Å². The van der Waals surface area contributed by atoms with Crippen molar-refractivity contribution in [3.05, 3.63) is 29.8 Å². The van der Waals surface area contributed by atoms with Crippen molar-refractivity contribution in [2.45, 2.75) is 12.4 Å². The number of piperazine rings is 1. The number of carbonyl (C=O) groups is 1. The molecule has 1 fully saturated rings. The molecule has 122 valence electrons. The fourth-order valence-corrected chi connectivity index (χ4v) is 2.44. The quantitative estimate of drug-likeness (QED) is 0.920. The summed E-state index contributed by atoms with van der Waals surface area (Å²) >= 11 is 0. The van der Waals surface area contributed by atoms with Crippen LogP contribution in [0.25, 0.3) is 0 Å². The number of nitrogens with zero attached hydrogens (tertiary/aromatic N) is 2. The van der Waals surface area contributed by atoms with Gasteiger partial charge in [-0.05, 0) is 24.7 Å². The summed E-state index contributed by atoms with van der Waals surface area (Å²) in [6, 6.07) is 4.12. The zero-order valence-electron chi connectivity index (χ0n) is 12.0. The van der Waals surface area contributed by atoms with Gasteiger partial charge in [0.2, 0.25) is 0 Å². The second-order valence-electron chi connectivity index (χ2n) is 5.20. The maximum absolute atomic E-state index is 12.1. The molecule has 1 N–H and O–H groups in total. The SMILES string of the molecule is CN1CCN(C(C(=O)O)c2ccc(OC(F)(F)F)cc2)CC1. The Balaban J connectivity index is 2.13. The molecule has 0 amide bonds. The van der Waals surface area contributed by atoms with E-state index in [1.807, 2.05) is 11.9 Å². The summed E-state index contributed by atoms with van der Waals surface area (Å²) in [5.41, 5.74) is 0.437. The Bertz CT molecular complexity index is 511. The second-order valence-corrected chi connectivity index (χ2v) is 5.20. The molecule has 5 nitrogen and oxygen atoms in total. The predicted molar refractivity (Wildman–Crippen MR) is 72.6 cm³/mol. The molecule has 0 radical (unpaired) electrons. The lowest BCUT2D eigenvalue weighted by Crippen LogP contribution is -2.47. The normalized spacial score (nSPS) is 18.9. The third-order valence-corrected chi connectivity index (χ3v) is 3.57. The number of halogens is 3. The lowest BCUT2D eigenvalue weighted by Gasteiger charge is -2.36. The van der Waals surface area contributed by atoms with E-state index in [4.69, 9.17) is 0 Å². The lowest BCUT2D eigenvalue weighted by molar-refractivity contribution is -0.274. The van der Waals surface area contributed by atoms with Crippen molar-refractivity contribution < 1.29 is 27.8 Å². The first-order valence-electron chi connectivity index (χ1n) is 6.77. The van der Waals surface area contributed by atoms with Crippen LogP contribution in [0.2, 0.25) is 0 Å². The monoisotopic (exact) mass is 318 g/mol. The van der Waals surface area contributed by atoms with Crippen LogP contribution in [0.4, 0.5) is 13.2 Å². The number of carboxylic acids is 1. The van der Waals surface area contributed by atoms with Crippen molar-refractivity contribution in [1.29, 1.82) is 0 Å². The van der Waals surface area contributed by atoms with Gasteiger partial charge in [0.25, 0.3) is 0 Å². The van der Waals surface area contributed by atoms with E-state index in [9.17, 15) is 23.1 Å². The van der Waals surface area contributed by atoms with E-state index in [1.165, 1.54) is 12.1 Å². The van der Waals surface area contributed by atoms with E-state index in [0.717, 1.165) is 25.2 Å². The molecule has 1 aromatic carbocycles. The Kier molecular flexibility index (Phi) is 4.92. The molecule has 1 aromatic rings. The predicted octanol–water partition coefficient (Wildman–Crippen LogP) is 1.96. The Hall–Kier alpha value is -1.80. The summed E-state index contributed by atoms with van der Waals surface area (Å²) in [6.07, 6.45) is -4.76. The summed E-state index contributed by atoms with van der Waals surface area (Å²) in [5.74, 6) is -1.38. The van der Waals surface area contributed by atoms with E-state index in [2.05, 4.69) is 9.64 Å². The van der Waals surface area contributed by atoms with Crippen molar-refractivity contribution in [2.75, 3.05) is 33.2 Å². The number of likely N-dealkylation sites (N-methyl/N-ethyl adjacent to an activating group) is 1. The van der Waals surface area contributed by atoms with Crippen LogP contribution in [-0.4, -0.2) is 60.5 Å². The van der Waals surface area contributed by atoms with Crippen molar-refractivity contribution >= 4 is 5.97 Å². The van der Waals surface area contributed by atoms with Crippen LogP contribution in [0.3, 0.4) is 0 Å². The Morgan fingerprint density at radius 1 is 1.18 bits per heavy atom. The van der Waals surface area contributed by atoms with Crippen LogP contribution >= 0.6 is 0 Å². The minimum Gasteiger partial charge on any atom is -0.480 e. The molecule has 0 aromatic heterocycles. The maximum atomic E-state index is 12.1. The number of carboxylic acid groups (broad SMARTS) is 1. The fourth-order valence-electron chi connectivity index (χ4n) is 2.44. The summed E-state index contributed by atoms with van der Waals surface area (Å²) in [7, 11) is 1.95. The van der Waals surface area contributed by atoms with Gasteiger partial charge in [-0.15, -0.1) is 13.2 Å². The first kappa shape index (κ1) is 16.6. The van der Waals surface area contributed by atoms with Crippen molar-refractivity contribution in [3.8, 4) is 5.75 Å². The summed E-state index contributed by atoms with van der Waals surface area (Å²) in [5, 5.41) is 9.43. The first-order valence-corrected chi connectivity index (χ1v) is 6.77. The van der Waals surface area contributed by atoms with Crippen molar-refractivity contribution in [1.82, 2.24) is 9.80 Å². The minimum absolute atomic E-state index is 0.362. The fraction of sp³-hybridized carbons (Fsp3) is 0.500. The van der Waals surface area contributed by atoms with Gasteiger partial charge in [-0.1, -0.05) is 12.1 Å². The van der Waals surface area contributed by atoms with E-state index >= 15 is 0 Å². The zero-order chi connectivity index (χ0) is 16.3. The molecule has 1 aliphatic rings. The Morgan fingerprint density at radius 3 is 2.18 bits per heavy atom. The van der Waals surface area contributed by atoms with Gasteiger partial charge < -0.3 is 14.7 Å². The largest absolute Gasteiger partial charge is 0.573 e. The minimum atomic E-state index is -4.76. The first-order chi connectivity index (χ1) is 10.3. The summed E-state index contributed by atoms with van der Waals surface area (Å²) < 4.78 is 40.2. The van der Waals surface area contributed by atoms with Crippen molar-refractivity contribution in [3.63, 3.8) is 0 Å². The Morgan fingerprint density at radius 2 is 1.73 bits per heavy atom. The van der Waals surface area contributed by atoms with Crippen LogP contribution in [0.15, 0.2) is 24.3 Å². The van der Waals surface area contributed by atoms with Gasteiger partial charge in [-0.3, -0.25) is 9.69 Å². The van der Waals surface area contributed by atoms with Gasteiger partial charge in [0.1, 0.15) is 11.8 Å². The summed E-state index contributed by atoms with van der Waals surface area (Å²) in [4.78, 5) is 15.4. The molecular weight excluding hydrogens is 301 g/mol. The van der Waals surface area contributed by atoms with Gasteiger partial charge in [0.15, 0.2) is 0 Å². The zero-order valence-corrected chi connectivity index (χ0v) is 12.0. The van der Waals surface area contributed by atoms with Crippen molar-refractivity contribution in [2.24, 2.45) is 0 Å². The maximum Gasteiger partial charge on any atom is 0.573 e. The number of alkyl halides is 3. The van der Waals surface area contributed by atoms with E-state index < -0.39 is 18.4 Å². The third-order valence-electron chi connectivity index (χ3n) is 3.57. The van der Waals surface area contributed by atoms with Gasteiger partial charge in [-0.2, -0.15) is 0 Å². The molecule has 0 spiro atoms. The highest BCUT2D eigenvalue weighted by atomic mass is 19.4. The van der Waals surface area contributed by atoms with Crippen LogP contribution in [0, 0.1) is 0 Å². The standard InChI is InChI=1S/C14H17F3N2O3/c1-18-6-8-19(9-7-18)12(13(20)21)10-2-4-11(5-3-10)22-14(15,16)17/h2-5,12H,6-9H2,1H3,(H,20,21). The van der Waals surface area contributed by atoms with E-state index in [1.54, 1.807) is 0 Å². The third kappa shape index (κ3) is 4.35. The number of benzene rings is 1. The number of hydrogen-bond acceptors (Lipinski definition) is 4. The number of hydrogen-bond donors (Lipinski definition) is 1. The Labute approximate surface area is 125 Å². The molecular formula is C14H17F3N2O3. The molecule has 1 aliphatic heterocycles. The smallest absolute Gasteiger partial charge is 0.480 e. The van der Waals surface area contributed by atoms with Crippen LogP contribution < -0.4 is 4.74 Å². The number of ether oxygens (including phenoxy) is 1. The number of rotatable bonds is 4. The average Bonchev–Trinajstić information content (AvgIpc) is 2.41. The molecule has 1 heterocycles. The molecule has 8 heteroatoms. The highest BCUT2D eigenvalue weighted by molar-refractivity contribution is 5.75. The highest BCUT2D eigenvalue weighted by Crippen LogP contribution is 2.27. The molecule has 2 rings (SSSR count). The topological polar surface area (TPSA) is 53.0 Å². The van der Waals surface area contributed by atoms with Crippen LogP contribution in [0.5, 0.6) is 5.75 Å². The molecule has 1 saturated heterocycles. The van der Waals surface area contributed by atoms with Crippen LogP contribution in [-0.2, 0) is 4.79 Å². The van der Waals surface area contributed by atoms with Gasteiger partial charge in [0.05, 0.1) is 0 Å². The molecule has 0 aliphatic carbocycles. The summed E-state index contributed by atoms with van der Waals surface area (Å²) in [6.45, 7) is 2.68. The van der Waals surface area contributed by atoms with Gasteiger partial charge in [-0.25, -0.2) is 0 Å². The highest BCUT2D eigenvalue weighted by Gasteiger charge is 2.32. The lowest BCUT2D eigenvalue weighted by atomic mass is 10.0. The van der Waals surface area contributed by atoms with Crippen LogP contribution in [0.1, 0.15) is 11.6 Å². The molecule has 1 atom stereocenters.